The lowest BCUT2D eigenvalue weighted by molar-refractivity contribution is 0.448. The Morgan fingerprint density at radius 3 is 1.72 bits per heavy atom. The van der Waals surface area contributed by atoms with Gasteiger partial charge in [0.2, 0.25) is 0 Å². The van der Waals surface area contributed by atoms with Crippen LogP contribution in [0.2, 0.25) is 0 Å². The Labute approximate surface area is 109 Å². The predicted octanol–water partition coefficient (Wildman–Crippen LogP) is 4.80. The molecule has 0 nitrogen and oxygen atoms in total. The van der Waals surface area contributed by atoms with Crippen molar-refractivity contribution in [3.05, 3.63) is 59.2 Å². The summed E-state index contributed by atoms with van der Waals surface area (Å²) >= 11 is 2.79. The van der Waals surface area contributed by atoms with Crippen LogP contribution in [0.25, 0.3) is 11.1 Å². The van der Waals surface area contributed by atoms with Crippen LogP contribution in [0.5, 0.6) is 0 Å². The molecule has 0 heterocycles. The molecule has 94 valence electrons. The minimum atomic E-state index is -1.38. The third-order valence-electron chi connectivity index (χ3n) is 2.55. The van der Waals surface area contributed by atoms with Gasteiger partial charge in [-0.15, -0.1) is 0 Å². The molecule has 0 spiro atoms. The fraction of sp³-hybridized carbons (Fsp3) is 0.0769. The van der Waals surface area contributed by atoms with Gasteiger partial charge in [-0.2, -0.15) is 0 Å². The lowest BCUT2D eigenvalue weighted by Crippen LogP contribution is -2.04. The number of halogens is 5. The van der Waals surface area contributed by atoms with Gasteiger partial charge in [-0.05, 0) is 5.56 Å². The SMILES string of the molecule is Fc1c(F)c(-c2ccccc2)c(F)c(F)c1CBr. The smallest absolute Gasteiger partial charge is 0.170 e. The molecule has 2 rings (SSSR count). The Morgan fingerprint density at radius 1 is 0.778 bits per heavy atom. The molecule has 0 atom stereocenters. The van der Waals surface area contributed by atoms with Crippen LogP contribution in [-0.2, 0) is 5.33 Å². The van der Waals surface area contributed by atoms with Gasteiger partial charge in [0.1, 0.15) is 0 Å². The first-order valence-electron chi connectivity index (χ1n) is 5.04. The first kappa shape index (κ1) is 13.1. The van der Waals surface area contributed by atoms with E-state index in [1.165, 1.54) is 24.3 Å². The van der Waals surface area contributed by atoms with Crippen molar-refractivity contribution in [1.29, 1.82) is 0 Å². The van der Waals surface area contributed by atoms with E-state index < -0.39 is 34.4 Å². The minimum Gasteiger partial charge on any atom is -0.203 e. The fourth-order valence-electron chi connectivity index (χ4n) is 1.65. The summed E-state index contributed by atoms with van der Waals surface area (Å²) in [6.45, 7) is 0. The second kappa shape index (κ2) is 5.10. The van der Waals surface area contributed by atoms with Crippen LogP contribution < -0.4 is 0 Å². The highest BCUT2D eigenvalue weighted by Crippen LogP contribution is 2.32. The number of rotatable bonds is 2. The molecule has 0 aliphatic carbocycles. The van der Waals surface area contributed by atoms with Crippen molar-refractivity contribution in [2.75, 3.05) is 0 Å². The standard InChI is InChI=1S/C13H7BrF4/c14-6-8-10(15)12(17)9(13(18)11(8)16)7-4-2-1-3-5-7/h1-5H,6H2. The number of benzene rings is 2. The van der Waals surface area contributed by atoms with E-state index >= 15 is 0 Å². The molecular formula is C13H7BrF4. The zero-order chi connectivity index (χ0) is 13.3. The van der Waals surface area contributed by atoms with Gasteiger partial charge >= 0.3 is 0 Å². The summed E-state index contributed by atoms with van der Waals surface area (Å²) in [4.78, 5) is 0. The molecule has 0 saturated carbocycles. The van der Waals surface area contributed by atoms with E-state index in [0.717, 1.165) is 0 Å². The van der Waals surface area contributed by atoms with E-state index in [-0.39, 0.29) is 10.9 Å². The van der Waals surface area contributed by atoms with Crippen molar-refractivity contribution in [3.63, 3.8) is 0 Å². The predicted molar refractivity (Wildman–Crippen MR) is 64.3 cm³/mol. The first-order valence-corrected chi connectivity index (χ1v) is 6.16. The van der Waals surface area contributed by atoms with Crippen LogP contribution in [0.3, 0.4) is 0 Å². The van der Waals surface area contributed by atoms with Crippen LogP contribution in [0, 0.1) is 23.3 Å². The Kier molecular flexibility index (Phi) is 3.71. The maximum atomic E-state index is 13.8. The van der Waals surface area contributed by atoms with Crippen molar-refractivity contribution in [2.24, 2.45) is 0 Å². The molecule has 0 amide bonds. The van der Waals surface area contributed by atoms with Crippen molar-refractivity contribution >= 4 is 15.9 Å². The van der Waals surface area contributed by atoms with Gasteiger partial charge in [-0.1, -0.05) is 46.3 Å². The number of hydrogen-bond donors (Lipinski definition) is 0. The van der Waals surface area contributed by atoms with E-state index in [9.17, 15) is 17.6 Å². The van der Waals surface area contributed by atoms with Crippen molar-refractivity contribution < 1.29 is 17.6 Å². The molecule has 5 heteroatoms. The van der Waals surface area contributed by atoms with Gasteiger partial charge in [0, 0.05) is 10.9 Å². The summed E-state index contributed by atoms with van der Waals surface area (Å²) in [5, 5.41) is -0.298. The first-order chi connectivity index (χ1) is 8.57. The second-order valence-electron chi connectivity index (χ2n) is 3.61. The summed E-state index contributed by atoms with van der Waals surface area (Å²) < 4.78 is 54.7. The molecule has 0 aliphatic heterocycles. The quantitative estimate of drug-likeness (QED) is 0.423. The highest BCUT2D eigenvalue weighted by atomic mass is 79.9. The summed E-state index contributed by atoms with van der Waals surface area (Å²) in [6, 6.07) is 7.46. The summed E-state index contributed by atoms with van der Waals surface area (Å²) in [7, 11) is 0. The Bertz CT molecular complexity index is 552. The largest absolute Gasteiger partial charge is 0.203 e. The van der Waals surface area contributed by atoms with E-state index in [2.05, 4.69) is 15.9 Å². The third kappa shape index (κ3) is 2.03. The number of hydrogen-bond acceptors (Lipinski definition) is 0. The fourth-order valence-corrected chi connectivity index (χ4v) is 2.15. The molecule has 18 heavy (non-hydrogen) atoms. The molecule has 2 aromatic carbocycles. The molecule has 0 aliphatic rings. The van der Waals surface area contributed by atoms with E-state index in [0.29, 0.717) is 0 Å². The third-order valence-corrected chi connectivity index (χ3v) is 3.11. The lowest BCUT2D eigenvalue weighted by Gasteiger charge is -2.10. The zero-order valence-electron chi connectivity index (χ0n) is 8.98. The van der Waals surface area contributed by atoms with Gasteiger partial charge in [0.15, 0.2) is 23.3 Å². The molecule has 0 aromatic heterocycles. The van der Waals surface area contributed by atoms with Gasteiger partial charge < -0.3 is 0 Å². The molecule has 0 bridgehead atoms. The van der Waals surface area contributed by atoms with Gasteiger partial charge in [0.25, 0.3) is 0 Å². The van der Waals surface area contributed by atoms with Crippen LogP contribution in [-0.4, -0.2) is 0 Å². The minimum absolute atomic E-state index is 0.0893. The van der Waals surface area contributed by atoms with Gasteiger partial charge in [-0.3, -0.25) is 0 Å². The van der Waals surface area contributed by atoms with Gasteiger partial charge in [0.05, 0.1) is 5.56 Å². The second-order valence-corrected chi connectivity index (χ2v) is 4.17. The molecule has 0 fully saturated rings. The van der Waals surface area contributed by atoms with E-state index in [1.54, 1.807) is 6.07 Å². The van der Waals surface area contributed by atoms with Crippen LogP contribution in [0.4, 0.5) is 17.6 Å². The van der Waals surface area contributed by atoms with Crippen molar-refractivity contribution in [1.82, 2.24) is 0 Å². The maximum absolute atomic E-state index is 13.8. The Morgan fingerprint density at radius 2 is 1.28 bits per heavy atom. The lowest BCUT2D eigenvalue weighted by atomic mass is 10.0. The summed E-state index contributed by atoms with van der Waals surface area (Å²) in [5.74, 6) is -5.50. The normalized spacial score (nSPS) is 10.7. The molecule has 0 radical (unpaired) electrons. The topological polar surface area (TPSA) is 0 Å². The Balaban J connectivity index is 2.78. The monoisotopic (exact) mass is 318 g/mol. The van der Waals surface area contributed by atoms with Crippen LogP contribution in [0.1, 0.15) is 5.56 Å². The molecule has 0 saturated heterocycles. The average molecular weight is 319 g/mol. The molecule has 0 N–H and O–H groups in total. The van der Waals surface area contributed by atoms with E-state index in [1.807, 2.05) is 0 Å². The molecular weight excluding hydrogens is 312 g/mol. The van der Waals surface area contributed by atoms with Crippen LogP contribution in [0.15, 0.2) is 30.3 Å². The number of alkyl halides is 1. The van der Waals surface area contributed by atoms with Crippen molar-refractivity contribution in [2.45, 2.75) is 5.33 Å². The molecule has 2 aromatic rings. The van der Waals surface area contributed by atoms with Crippen molar-refractivity contribution in [3.8, 4) is 11.1 Å². The molecule has 0 unspecified atom stereocenters. The van der Waals surface area contributed by atoms with Gasteiger partial charge in [-0.25, -0.2) is 17.6 Å². The summed E-state index contributed by atoms with van der Waals surface area (Å²) in [5.41, 5.74) is -1.24. The highest BCUT2D eigenvalue weighted by Gasteiger charge is 2.25. The average Bonchev–Trinajstić information content (AvgIpc) is 2.39. The maximum Gasteiger partial charge on any atom is 0.170 e. The van der Waals surface area contributed by atoms with Crippen LogP contribution >= 0.6 is 15.9 Å². The summed E-state index contributed by atoms with van der Waals surface area (Å²) in [6.07, 6.45) is 0. The highest BCUT2D eigenvalue weighted by molar-refractivity contribution is 9.08. The van der Waals surface area contributed by atoms with E-state index in [4.69, 9.17) is 0 Å². The zero-order valence-corrected chi connectivity index (χ0v) is 10.6. The Hall–Kier alpha value is -1.36.